The molecular weight excluding hydrogens is 424 g/mol. The number of amides is 1. The topological polar surface area (TPSA) is 84.5 Å². The van der Waals surface area contributed by atoms with E-state index in [1.54, 1.807) is 30.3 Å². The second-order valence-electron chi connectivity index (χ2n) is 6.69. The Kier molecular flexibility index (Phi) is 6.64. The molecule has 0 aliphatic heterocycles. The summed E-state index contributed by atoms with van der Waals surface area (Å²) in [6, 6.07) is 18.0. The smallest absolute Gasteiger partial charge is 0.262 e. The van der Waals surface area contributed by atoms with Crippen LogP contribution >= 0.6 is 11.6 Å². The summed E-state index contributed by atoms with van der Waals surface area (Å²) in [4.78, 5) is 12.2. The van der Waals surface area contributed by atoms with Crippen LogP contribution in [0.1, 0.15) is 11.1 Å². The van der Waals surface area contributed by atoms with Crippen LogP contribution in [0.5, 0.6) is 5.75 Å². The molecule has 0 saturated heterocycles. The van der Waals surface area contributed by atoms with Gasteiger partial charge < -0.3 is 10.1 Å². The van der Waals surface area contributed by atoms with Crippen molar-refractivity contribution >= 4 is 38.9 Å². The van der Waals surface area contributed by atoms with Crippen LogP contribution < -0.4 is 14.8 Å². The number of rotatable bonds is 7. The van der Waals surface area contributed by atoms with Gasteiger partial charge in [0.25, 0.3) is 15.9 Å². The standard InChI is InChI=1S/C22H21ClN2O4S/c1-15-7-10-18(13-16(15)2)29-14-22(26)24-17-8-11-19(12-9-17)30(27,28)25-21-6-4-3-5-20(21)23/h3-13,25H,14H2,1-2H3,(H,24,26). The summed E-state index contributed by atoms with van der Waals surface area (Å²) in [6.07, 6.45) is 0. The van der Waals surface area contributed by atoms with Crippen molar-refractivity contribution in [3.63, 3.8) is 0 Å². The molecule has 0 atom stereocenters. The maximum Gasteiger partial charge on any atom is 0.262 e. The van der Waals surface area contributed by atoms with E-state index in [2.05, 4.69) is 10.0 Å². The number of hydrogen-bond donors (Lipinski definition) is 2. The highest BCUT2D eigenvalue weighted by Gasteiger charge is 2.16. The molecule has 0 saturated carbocycles. The lowest BCUT2D eigenvalue weighted by atomic mass is 10.1. The maximum atomic E-state index is 12.5. The fraction of sp³-hybridized carbons (Fsp3) is 0.136. The summed E-state index contributed by atoms with van der Waals surface area (Å²) in [5.41, 5.74) is 2.97. The minimum absolute atomic E-state index is 0.0480. The quantitative estimate of drug-likeness (QED) is 0.549. The van der Waals surface area contributed by atoms with Crippen LogP contribution in [0.4, 0.5) is 11.4 Å². The number of halogens is 1. The number of hydrogen-bond acceptors (Lipinski definition) is 4. The summed E-state index contributed by atoms with van der Waals surface area (Å²) in [6.45, 7) is 3.81. The van der Waals surface area contributed by atoms with E-state index < -0.39 is 10.0 Å². The molecule has 3 aromatic rings. The Morgan fingerprint density at radius 3 is 2.33 bits per heavy atom. The summed E-state index contributed by atoms with van der Waals surface area (Å²) in [5.74, 6) is 0.262. The highest BCUT2D eigenvalue weighted by atomic mass is 35.5. The van der Waals surface area contributed by atoms with E-state index in [1.807, 2.05) is 26.0 Å². The molecule has 2 N–H and O–H groups in total. The van der Waals surface area contributed by atoms with Crippen LogP contribution in [0.3, 0.4) is 0 Å². The summed E-state index contributed by atoms with van der Waals surface area (Å²) in [7, 11) is -3.81. The molecule has 1 amide bonds. The van der Waals surface area contributed by atoms with Crippen LogP contribution in [0.15, 0.2) is 71.6 Å². The lowest BCUT2D eigenvalue weighted by Gasteiger charge is -2.11. The number of benzene rings is 3. The highest BCUT2D eigenvalue weighted by Crippen LogP contribution is 2.24. The molecule has 0 aromatic heterocycles. The van der Waals surface area contributed by atoms with Crippen molar-refractivity contribution in [3.05, 3.63) is 82.9 Å². The maximum absolute atomic E-state index is 12.5. The van der Waals surface area contributed by atoms with Crippen LogP contribution in [-0.2, 0) is 14.8 Å². The van der Waals surface area contributed by atoms with Gasteiger partial charge in [-0.25, -0.2) is 8.42 Å². The van der Waals surface area contributed by atoms with E-state index in [-0.39, 0.29) is 17.4 Å². The van der Waals surface area contributed by atoms with Crippen LogP contribution in [0.2, 0.25) is 5.02 Å². The first-order valence-electron chi connectivity index (χ1n) is 9.12. The second-order valence-corrected chi connectivity index (χ2v) is 8.78. The van der Waals surface area contributed by atoms with Gasteiger partial charge in [-0.05, 0) is 73.5 Å². The second kappa shape index (κ2) is 9.19. The Bertz CT molecular complexity index is 1160. The Hall–Kier alpha value is -3.03. The molecule has 30 heavy (non-hydrogen) atoms. The minimum atomic E-state index is -3.81. The molecule has 0 spiro atoms. The van der Waals surface area contributed by atoms with Gasteiger partial charge in [0.05, 0.1) is 15.6 Å². The van der Waals surface area contributed by atoms with E-state index in [0.29, 0.717) is 22.1 Å². The largest absolute Gasteiger partial charge is 0.484 e. The fourth-order valence-corrected chi connectivity index (χ4v) is 3.93. The van der Waals surface area contributed by atoms with Crippen LogP contribution in [0.25, 0.3) is 0 Å². The van der Waals surface area contributed by atoms with Crippen molar-refractivity contribution in [2.45, 2.75) is 18.7 Å². The molecular formula is C22H21ClN2O4S. The number of anilines is 2. The Morgan fingerprint density at radius 1 is 0.967 bits per heavy atom. The van der Waals surface area contributed by atoms with E-state index in [1.165, 1.54) is 24.3 Å². The lowest BCUT2D eigenvalue weighted by Crippen LogP contribution is -2.20. The molecule has 0 radical (unpaired) electrons. The fourth-order valence-electron chi connectivity index (χ4n) is 2.61. The highest BCUT2D eigenvalue weighted by molar-refractivity contribution is 7.92. The minimum Gasteiger partial charge on any atom is -0.484 e. The van der Waals surface area contributed by atoms with Crippen molar-refractivity contribution in [2.75, 3.05) is 16.6 Å². The number of sulfonamides is 1. The van der Waals surface area contributed by atoms with Gasteiger partial charge in [-0.1, -0.05) is 29.8 Å². The normalized spacial score (nSPS) is 11.0. The average Bonchev–Trinajstić information content (AvgIpc) is 2.71. The summed E-state index contributed by atoms with van der Waals surface area (Å²) >= 11 is 6.00. The third-order valence-corrected chi connectivity index (χ3v) is 6.13. The van der Waals surface area contributed by atoms with Crippen LogP contribution in [0, 0.1) is 13.8 Å². The molecule has 0 bridgehead atoms. The van der Waals surface area contributed by atoms with E-state index in [4.69, 9.17) is 16.3 Å². The molecule has 0 fully saturated rings. The molecule has 0 unspecified atom stereocenters. The molecule has 3 aromatic carbocycles. The van der Waals surface area contributed by atoms with Crippen molar-refractivity contribution in [3.8, 4) is 5.75 Å². The first kappa shape index (κ1) is 21.7. The van der Waals surface area contributed by atoms with Gasteiger partial charge in [-0.3, -0.25) is 9.52 Å². The van der Waals surface area contributed by atoms with Gasteiger partial charge in [0.15, 0.2) is 6.61 Å². The van der Waals surface area contributed by atoms with Crippen LogP contribution in [-0.4, -0.2) is 20.9 Å². The number of ether oxygens (including phenoxy) is 1. The molecule has 156 valence electrons. The van der Waals surface area contributed by atoms with Gasteiger partial charge in [0.1, 0.15) is 5.75 Å². The first-order valence-corrected chi connectivity index (χ1v) is 11.0. The van der Waals surface area contributed by atoms with Gasteiger partial charge >= 0.3 is 0 Å². The molecule has 0 aliphatic carbocycles. The number of carbonyl (C=O) groups excluding carboxylic acids is 1. The first-order chi connectivity index (χ1) is 14.2. The zero-order valence-electron chi connectivity index (χ0n) is 16.5. The van der Waals surface area contributed by atoms with E-state index in [0.717, 1.165) is 11.1 Å². The average molecular weight is 445 g/mol. The number of aryl methyl sites for hydroxylation is 2. The van der Waals surface area contributed by atoms with Gasteiger partial charge in [0, 0.05) is 5.69 Å². The van der Waals surface area contributed by atoms with Crippen molar-refractivity contribution < 1.29 is 17.9 Å². The van der Waals surface area contributed by atoms with Gasteiger partial charge in [0.2, 0.25) is 0 Å². The summed E-state index contributed by atoms with van der Waals surface area (Å²) < 4.78 is 33.0. The molecule has 8 heteroatoms. The van der Waals surface area contributed by atoms with E-state index in [9.17, 15) is 13.2 Å². The Labute approximate surface area is 180 Å². The molecule has 6 nitrogen and oxygen atoms in total. The predicted octanol–water partition coefficient (Wildman–Crippen LogP) is 4.78. The van der Waals surface area contributed by atoms with Gasteiger partial charge in [-0.2, -0.15) is 0 Å². The van der Waals surface area contributed by atoms with Crippen molar-refractivity contribution in [1.29, 1.82) is 0 Å². The Balaban J connectivity index is 1.60. The number of para-hydroxylation sites is 1. The monoisotopic (exact) mass is 444 g/mol. The Morgan fingerprint density at radius 2 is 1.67 bits per heavy atom. The third-order valence-electron chi connectivity index (χ3n) is 4.41. The van der Waals surface area contributed by atoms with Gasteiger partial charge in [-0.15, -0.1) is 0 Å². The van der Waals surface area contributed by atoms with Crippen molar-refractivity contribution in [2.24, 2.45) is 0 Å². The predicted molar refractivity (Wildman–Crippen MR) is 119 cm³/mol. The van der Waals surface area contributed by atoms with Crippen molar-refractivity contribution in [1.82, 2.24) is 0 Å². The zero-order chi connectivity index (χ0) is 21.7. The molecule has 0 aliphatic rings. The third kappa shape index (κ3) is 5.52. The SMILES string of the molecule is Cc1ccc(OCC(=O)Nc2ccc(S(=O)(=O)Nc3ccccc3Cl)cc2)cc1C. The number of nitrogens with one attached hydrogen (secondary N) is 2. The lowest BCUT2D eigenvalue weighted by molar-refractivity contribution is -0.118. The number of carbonyl (C=O) groups is 1. The molecule has 0 heterocycles. The zero-order valence-corrected chi connectivity index (χ0v) is 18.0. The molecule has 3 rings (SSSR count). The summed E-state index contributed by atoms with van der Waals surface area (Å²) in [5, 5.41) is 2.98. The van der Waals surface area contributed by atoms with E-state index >= 15 is 0 Å².